The molecule has 2 fully saturated rings. The van der Waals surface area contributed by atoms with Crippen LogP contribution in [0.3, 0.4) is 0 Å². The van der Waals surface area contributed by atoms with Gasteiger partial charge in [0.05, 0.1) is 20.0 Å². The van der Waals surface area contributed by atoms with E-state index < -0.39 is 61.4 Å². The molecule has 1 aromatic heterocycles. The van der Waals surface area contributed by atoms with Gasteiger partial charge in [0.25, 0.3) is 0 Å². The fraction of sp³-hybridized carbons (Fsp3) is 0.435. The van der Waals surface area contributed by atoms with Crippen LogP contribution in [-0.2, 0) is 33.3 Å². The highest BCUT2D eigenvalue weighted by molar-refractivity contribution is 5.92. The number of esters is 1. The molecule has 2 saturated heterocycles. The van der Waals surface area contributed by atoms with E-state index >= 15 is 0 Å². The molecule has 6 unspecified atom stereocenters. The van der Waals surface area contributed by atoms with Crippen LogP contribution in [0.4, 0.5) is 0 Å². The van der Waals surface area contributed by atoms with Crippen molar-refractivity contribution in [3.8, 4) is 5.75 Å². The third-order valence-electron chi connectivity index (χ3n) is 5.42. The van der Waals surface area contributed by atoms with Gasteiger partial charge >= 0.3 is 11.9 Å². The molecule has 188 valence electrons. The van der Waals surface area contributed by atoms with Crippen LogP contribution in [-0.4, -0.2) is 73.9 Å². The summed E-state index contributed by atoms with van der Waals surface area (Å²) < 4.78 is 39.7. The number of ether oxygens (including phenoxy) is 6. The summed E-state index contributed by atoms with van der Waals surface area (Å²) in [5.74, 6) is -1.74. The molecule has 2 aromatic rings. The smallest absolute Gasteiger partial charge is 0.341 e. The highest BCUT2D eigenvalue weighted by Gasteiger charge is 2.52. The number of carboxylic acid groups (broad SMARTS) is 1. The minimum absolute atomic E-state index is 0.0360. The monoisotopic (exact) mass is 491 g/mol. The molecule has 0 spiro atoms. The Morgan fingerprint density at radius 1 is 1.14 bits per heavy atom. The van der Waals surface area contributed by atoms with Crippen molar-refractivity contribution >= 4 is 17.8 Å². The maximum absolute atomic E-state index is 12.2. The molecule has 0 radical (unpaired) electrons. The van der Waals surface area contributed by atoms with Crippen molar-refractivity contribution in [1.29, 1.82) is 0 Å². The minimum atomic E-state index is -1.21. The standard InChI is InChI=1S/C23H25NO11/c1-12(25)24-18-20(31-11-17(26)27)19-16(10-32-22(35-19)15-8-5-9-30-15)34-23(18)33-14-7-4-3-6-13(14)21(28)29-2/h3-9,16,18-20,22-23H,10-11H2,1-2H3,(H,24,25)(H,26,27). The molecular weight excluding hydrogens is 466 g/mol. The van der Waals surface area contributed by atoms with E-state index in [1.807, 2.05) is 0 Å². The molecule has 1 aromatic carbocycles. The number of para-hydroxylation sites is 1. The first kappa shape index (κ1) is 24.7. The normalized spacial score (nSPS) is 27.9. The molecule has 1 amide bonds. The molecule has 2 N–H and O–H groups in total. The number of hydrogen-bond acceptors (Lipinski definition) is 10. The topological polar surface area (TPSA) is 152 Å². The zero-order valence-electron chi connectivity index (χ0n) is 18.9. The number of hydrogen-bond donors (Lipinski definition) is 2. The van der Waals surface area contributed by atoms with Crippen LogP contribution in [0, 0.1) is 0 Å². The van der Waals surface area contributed by atoms with Gasteiger partial charge in [0.15, 0.2) is 5.76 Å². The second kappa shape index (κ2) is 10.9. The molecule has 6 atom stereocenters. The van der Waals surface area contributed by atoms with Crippen molar-refractivity contribution in [3.05, 3.63) is 54.0 Å². The summed E-state index contributed by atoms with van der Waals surface area (Å²) in [4.78, 5) is 35.6. The van der Waals surface area contributed by atoms with Crippen molar-refractivity contribution in [2.75, 3.05) is 20.3 Å². The molecule has 2 aliphatic rings. The molecule has 2 aliphatic heterocycles. The van der Waals surface area contributed by atoms with Crippen LogP contribution in [0.15, 0.2) is 47.1 Å². The summed E-state index contributed by atoms with van der Waals surface area (Å²) in [5.41, 5.74) is 0.138. The molecule has 0 aliphatic carbocycles. The highest BCUT2D eigenvalue weighted by Crippen LogP contribution is 2.36. The van der Waals surface area contributed by atoms with Crippen molar-refractivity contribution < 1.29 is 52.3 Å². The van der Waals surface area contributed by atoms with Crippen LogP contribution in [0.25, 0.3) is 0 Å². The summed E-state index contributed by atoms with van der Waals surface area (Å²) in [6.07, 6.45) is -3.21. The molecule has 3 heterocycles. The van der Waals surface area contributed by atoms with E-state index in [4.69, 9.17) is 32.8 Å². The van der Waals surface area contributed by atoms with E-state index in [-0.39, 0.29) is 17.9 Å². The zero-order chi connectivity index (χ0) is 24.9. The van der Waals surface area contributed by atoms with Gasteiger partial charge in [0.2, 0.25) is 18.5 Å². The first-order valence-electron chi connectivity index (χ1n) is 10.8. The van der Waals surface area contributed by atoms with Gasteiger partial charge < -0.3 is 43.3 Å². The van der Waals surface area contributed by atoms with Crippen LogP contribution in [0.2, 0.25) is 0 Å². The second-order valence-corrected chi connectivity index (χ2v) is 7.83. The van der Waals surface area contributed by atoms with Gasteiger partial charge in [-0.2, -0.15) is 0 Å². The molecule has 0 saturated carbocycles. The lowest BCUT2D eigenvalue weighted by Crippen LogP contribution is -2.68. The molecule has 0 bridgehead atoms. The van der Waals surface area contributed by atoms with E-state index in [9.17, 15) is 19.5 Å². The van der Waals surface area contributed by atoms with E-state index in [2.05, 4.69) is 5.32 Å². The number of carbonyl (C=O) groups is 3. The third kappa shape index (κ3) is 5.62. The molecule has 12 heteroatoms. The lowest BCUT2D eigenvalue weighted by Gasteiger charge is -2.48. The highest BCUT2D eigenvalue weighted by atomic mass is 16.8. The van der Waals surface area contributed by atoms with E-state index in [1.165, 1.54) is 26.4 Å². The Labute approximate surface area is 200 Å². The maximum Gasteiger partial charge on any atom is 0.341 e. The van der Waals surface area contributed by atoms with E-state index in [0.717, 1.165) is 0 Å². The average molecular weight is 491 g/mol. The zero-order valence-corrected chi connectivity index (χ0v) is 18.9. The van der Waals surface area contributed by atoms with Crippen LogP contribution in [0.5, 0.6) is 5.75 Å². The summed E-state index contributed by atoms with van der Waals surface area (Å²) in [7, 11) is 1.24. The number of furan rings is 1. The fourth-order valence-corrected chi connectivity index (χ4v) is 3.97. The van der Waals surface area contributed by atoms with Crippen LogP contribution >= 0.6 is 0 Å². The SMILES string of the molecule is COC(=O)c1ccccc1OC1OC2COC(c3ccco3)OC2C(OCC(=O)O)C1NC(C)=O. The van der Waals surface area contributed by atoms with Gasteiger partial charge in [0.1, 0.15) is 42.3 Å². The van der Waals surface area contributed by atoms with Gasteiger partial charge in [-0.05, 0) is 24.3 Å². The van der Waals surface area contributed by atoms with Crippen molar-refractivity contribution in [2.45, 2.75) is 43.9 Å². The summed E-state index contributed by atoms with van der Waals surface area (Å²) in [6, 6.07) is 8.68. The number of benzene rings is 1. The molecular formula is C23H25NO11. The molecule has 12 nitrogen and oxygen atoms in total. The first-order chi connectivity index (χ1) is 16.9. The van der Waals surface area contributed by atoms with Gasteiger partial charge in [-0.3, -0.25) is 4.79 Å². The summed E-state index contributed by atoms with van der Waals surface area (Å²) >= 11 is 0. The van der Waals surface area contributed by atoms with Gasteiger partial charge in [-0.1, -0.05) is 12.1 Å². The fourth-order valence-electron chi connectivity index (χ4n) is 3.97. The van der Waals surface area contributed by atoms with Crippen molar-refractivity contribution in [2.24, 2.45) is 0 Å². The number of carboxylic acids is 1. The lowest BCUT2D eigenvalue weighted by molar-refractivity contribution is -0.340. The summed E-state index contributed by atoms with van der Waals surface area (Å²) in [5, 5.41) is 11.9. The third-order valence-corrected chi connectivity index (χ3v) is 5.42. The van der Waals surface area contributed by atoms with Crippen molar-refractivity contribution in [3.63, 3.8) is 0 Å². The van der Waals surface area contributed by atoms with Gasteiger partial charge in [-0.15, -0.1) is 0 Å². The number of amides is 1. The predicted molar refractivity (Wildman–Crippen MR) is 114 cm³/mol. The number of nitrogens with one attached hydrogen (secondary N) is 1. The largest absolute Gasteiger partial charge is 0.480 e. The van der Waals surface area contributed by atoms with Gasteiger partial charge in [-0.25, -0.2) is 9.59 Å². The van der Waals surface area contributed by atoms with Crippen LogP contribution in [0.1, 0.15) is 29.3 Å². The Morgan fingerprint density at radius 3 is 2.63 bits per heavy atom. The first-order valence-corrected chi connectivity index (χ1v) is 10.8. The second-order valence-electron chi connectivity index (χ2n) is 7.83. The maximum atomic E-state index is 12.2. The number of rotatable bonds is 8. The quantitative estimate of drug-likeness (QED) is 0.513. The van der Waals surface area contributed by atoms with E-state index in [1.54, 1.807) is 30.3 Å². The number of methoxy groups -OCH3 is 1. The Morgan fingerprint density at radius 2 is 1.94 bits per heavy atom. The number of carbonyl (C=O) groups excluding carboxylic acids is 2. The number of fused-ring (bicyclic) bond motifs is 1. The van der Waals surface area contributed by atoms with Crippen LogP contribution < -0.4 is 10.1 Å². The Balaban J connectivity index is 1.65. The van der Waals surface area contributed by atoms with Crippen molar-refractivity contribution in [1.82, 2.24) is 5.32 Å². The van der Waals surface area contributed by atoms with Gasteiger partial charge in [0, 0.05) is 6.92 Å². The predicted octanol–water partition coefficient (Wildman–Crippen LogP) is 1.26. The average Bonchev–Trinajstić information content (AvgIpc) is 3.38. The van der Waals surface area contributed by atoms with E-state index in [0.29, 0.717) is 5.76 Å². The lowest BCUT2D eigenvalue weighted by atomic mass is 9.95. The minimum Gasteiger partial charge on any atom is -0.480 e. The molecule has 35 heavy (non-hydrogen) atoms. The molecule has 4 rings (SSSR count). The Kier molecular flexibility index (Phi) is 7.66. The summed E-state index contributed by atoms with van der Waals surface area (Å²) in [6.45, 7) is 0.662. The number of aliphatic carboxylic acids is 1. The Hall–Kier alpha value is -3.45. The Bertz CT molecular complexity index is 1040.